The van der Waals surface area contributed by atoms with Crippen LogP contribution in [0.2, 0.25) is 0 Å². The third kappa shape index (κ3) is 1.68. The summed E-state index contributed by atoms with van der Waals surface area (Å²) < 4.78 is 0. The predicted molar refractivity (Wildman–Crippen MR) is 38.2 cm³/mol. The molecule has 0 bridgehead atoms. The molecule has 1 fully saturated rings. The summed E-state index contributed by atoms with van der Waals surface area (Å²) in [6.45, 7) is 4.26. The lowest BCUT2D eigenvalue weighted by atomic mass is 9.98. The van der Waals surface area contributed by atoms with Gasteiger partial charge in [0, 0.05) is 0 Å². The summed E-state index contributed by atoms with van der Waals surface area (Å²) in [6, 6.07) is 0. The van der Waals surface area contributed by atoms with E-state index in [0.29, 0.717) is 11.8 Å². The molecule has 1 aliphatic carbocycles. The van der Waals surface area contributed by atoms with Crippen LogP contribution < -0.4 is 0 Å². The van der Waals surface area contributed by atoms with E-state index in [1.54, 1.807) is 0 Å². The second-order valence-corrected chi connectivity index (χ2v) is 3.21. The quantitative estimate of drug-likeness (QED) is 0.614. The lowest BCUT2D eigenvalue weighted by Crippen LogP contribution is -2.18. The Hall–Kier alpha value is -0.0400. The predicted octanol–water partition coefficient (Wildman–Crippen LogP) is 1.80. The molecule has 0 spiro atoms. The third-order valence-electron chi connectivity index (χ3n) is 2.33. The van der Waals surface area contributed by atoms with E-state index in [1.807, 2.05) is 0 Å². The van der Waals surface area contributed by atoms with E-state index in [0.717, 1.165) is 6.42 Å². The van der Waals surface area contributed by atoms with Crippen LogP contribution in [0.5, 0.6) is 0 Å². The summed E-state index contributed by atoms with van der Waals surface area (Å²) in [6.07, 6.45) is 3.62. The zero-order chi connectivity index (χ0) is 6.85. The number of rotatable bonds is 3. The standard InChI is InChI=1S/C8H16O/c1-3-6(2)8(9)7-4-5-7/h6-9H,3-5H2,1-2H3. The minimum absolute atomic E-state index is 0.00463. The van der Waals surface area contributed by atoms with Gasteiger partial charge >= 0.3 is 0 Å². The zero-order valence-corrected chi connectivity index (χ0v) is 6.30. The Kier molecular flexibility index (Phi) is 2.12. The van der Waals surface area contributed by atoms with Gasteiger partial charge in [-0.15, -0.1) is 0 Å². The summed E-state index contributed by atoms with van der Waals surface area (Å²) in [7, 11) is 0. The number of aliphatic hydroxyl groups excluding tert-OH is 1. The highest BCUT2D eigenvalue weighted by molar-refractivity contribution is 4.83. The molecule has 1 rings (SSSR count). The van der Waals surface area contributed by atoms with Crippen LogP contribution in [0.15, 0.2) is 0 Å². The van der Waals surface area contributed by atoms with E-state index in [9.17, 15) is 5.11 Å². The number of hydrogen-bond acceptors (Lipinski definition) is 1. The van der Waals surface area contributed by atoms with Gasteiger partial charge in [0.05, 0.1) is 6.10 Å². The second-order valence-electron chi connectivity index (χ2n) is 3.21. The first kappa shape index (κ1) is 7.07. The van der Waals surface area contributed by atoms with Crippen molar-refractivity contribution in [1.82, 2.24) is 0 Å². The molecule has 0 aromatic rings. The Morgan fingerprint density at radius 1 is 1.56 bits per heavy atom. The summed E-state index contributed by atoms with van der Waals surface area (Å²) in [5.41, 5.74) is 0. The normalized spacial score (nSPS) is 25.7. The summed E-state index contributed by atoms with van der Waals surface area (Å²) in [5.74, 6) is 1.16. The van der Waals surface area contributed by atoms with Crippen molar-refractivity contribution >= 4 is 0 Å². The summed E-state index contributed by atoms with van der Waals surface area (Å²) >= 11 is 0. The minimum atomic E-state index is -0.00463. The third-order valence-corrected chi connectivity index (χ3v) is 2.33. The van der Waals surface area contributed by atoms with Gasteiger partial charge in [-0.2, -0.15) is 0 Å². The van der Waals surface area contributed by atoms with Crippen molar-refractivity contribution in [3.8, 4) is 0 Å². The maximum Gasteiger partial charge on any atom is 0.0593 e. The fourth-order valence-electron chi connectivity index (χ4n) is 1.14. The molecule has 2 unspecified atom stereocenters. The van der Waals surface area contributed by atoms with Crippen LogP contribution in [-0.4, -0.2) is 11.2 Å². The SMILES string of the molecule is CCC(C)C(O)C1CC1. The Morgan fingerprint density at radius 2 is 2.11 bits per heavy atom. The molecule has 0 aliphatic heterocycles. The van der Waals surface area contributed by atoms with Crippen LogP contribution in [0.3, 0.4) is 0 Å². The van der Waals surface area contributed by atoms with Gasteiger partial charge in [-0.25, -0.2) is 0 Å². The molecule has 0 heterocycles. The van der Waals surface area contributed by atoms with Gasteiger partial charge in [0.1, 0.15) is 0 Å². The molecule has 2 atom stereocenters. The van der Waals surface area contributed by atoms with Crippen molar-refractivity contribution in [2.24, 2.45) is 11.8 Å². The zero-order valence-electron chi connectivity index (χ0n) is 6.30. The molecule has 9 heavy (non-hydrogen) atoms. The van der Waals surface area contributed by atoms with E-state index in [1.165, 1.54) is 12.8 Å². The van der Waals surface area contributed by atoms with Gasteiger partial charge < -0.3 is 5.11 Å². The van der Waals surface area contributed by atoms with E-state index in [-0.39, 0.29) is 6.10 Å². The molecule has 1 saturated carbocycles. The highest BCUT2D eigenvalue weighted by Gasteiger charge is 2.32. The minimum Gasteiger partial charge on any atom is -0.393 e. The van der Waals surface area contributed by atoms with Crippen molar-refractivity contribution in [2.75, 3.05) is 0 Å². The fraction of sp³-hybridized carbons (Fsp3) is 1.00. The van der Waals surface area contributed by atoms with Gasteiger partial charge in [-0.05, 0) is 24.7 Å². The van der Waals surface area contributed by atoms with E-state index in [4.69, 9.17) is 0 Å². The van der Waals surface area contributed by atoms with Crippen molar-refractivity contribution < 1.29 is 5.11 Å². The number of aliphatic hydroxyl groups is 1. The molecule has 1 N–H and O–H groups in total. The highest BCUT2D eigenvalue weighted by atomic mass is 16.3. The van der Waals surface area contributed by atoms with Crippen molar-refractivity contribution in [2.45, 2.75) is 39.2 Å². The van der Waals surface area contributed by atoms with Crippen LogP contribution in [0.4, 0.5) is 0 Å². The van der Waals surface area contributed by atoms with E-state index in [2.05, 4.69) is 13.8 Å². The van der Waals surface area contributed by atoms with E-state index >= 15 is 0 Å². The molecular weight excluding hydrogens is 112 g/mol. The molecule has 0 aromatic carbocycles. The molecule has 1 heteroatoms. The first-order valence-corrected chi connectivity index (χ1v) is 3.93. The van der Waals surface area contributed by atoms with Crippen LogP contribution in [0, 0.1) is 11.8 Å². The lowest BCUT2D eigenvalue weighted by molar-refractivity contribution is 0.0931. The molecule has 0 saturated heterocycles. The van der Waals surface area contributed by atoms with Gasteiger partial charge in [0.15, 0.2) is 0 Å². The molecule has 0 amide bonds. The van der Waals surface area contributed by atoms with Crippen molar-refractivity contribution in [1.29, 1.82) is 0 Å². The van der Waals surface area contributed by atoms with Crippen molar-refractivity contribution in [3.63, 3.8) is 0 Å². The smallest absolute Gasteiger partial charge is 0.0593 e. The van der Waals surface area contributed by atoms with Gasteiger partial charge in [-0.1, -0.05) is 20.3 Å². The van der Waals surface area contributed by atoms with Crippen LogP contribution >= 0.6 is 0 Å². The largest absolute Gasteiger partial charge is 0.393 e. The monoisotopic (exact) mass is 128 g/mol. The molecule has 1 nitrogen and oxygen atoms in total. The summed E-state index contributed by atoms with van der Waals surface area (Å²) in [5, 5.41) is 9.46. The van der Waals surface area contributed by atoms with Crippen LogP contribution in [0.25, 0.3) is 0 Å². The fourth-order valence-corrected chi connectivity index (χ4v) is 1.14. The van der Waals surface area contributed by atoms with Crippen LogP contribution in [-0.2, 0) is 0 Å². The first-order chi connectivity index (χ1) is 4.25. The summed E-state index contributed by atoms with van der Waals surface area (Å²) in [4.78, 5) is 0. The van der Waals surface area contributed by atoms with Gasteiger partial charge in [-0.3, -0.25) is 0 Å². The molecule has 0 radical (unpaired) electrons. The molecule has 1 aliphatic rings. The maximum absolute atomic E-state index is 9.46. The molecular formula is C8H16O. The van der Waals surface area contributed by atoms with Gasteiger partial charge in [0.2, 0.25) is 0 Å². The molecule has 0 aromatic heterocycles. The Morgan fingerprint density at radius 3 is 2.44 bits per heavy atom. The van der Waals surface area contributed by atoms with Gasteiger partial charge in [0.25, 0.3) is 0 Å². The highest BCUT2D eigenvalue weighted by Crippen LogP contribution is 2.36. The lowest BCUT2D eigenvalue weighted by Gasteiger charge is -2.15. The Balaban J connectivity index is 2.22. The number of hydrogen-bond donors (Lipinski definition) is 1. The van der Waals surface area contributed by atoms with Crippen LogP contribution in [0.1, 0.15) is 33.1 Å². The topological polar surface area (TPSA) is 20.2 Å². The Bertz CT molecular complexity index is 86.6. The average molecular weight is 128 g/mol. The maximum atomic E-state index is 9.46. The molecule has 54 valence electrons. The van der Waals surface area contributed by atoms with Crippen molar-refractivity contribution in [3.05, 3.63) is 0 Å². The average Bonchev–Trinajstić information content (AvgIpc) is 2.66. The van der Waals surface area contributed by atoms with E-state index < -0.39 is 0 Å². The second kappa shape index (κ2) is 2.70. The Labute approximate surface area is 57.1 Å². The first-order valence-electron chi connectivity index (χ1n) is 3.93.